The molecule has 29 heavy (non-hydrogen) atoms. The lowest BCUT2D eigenvalue weighted by Crippen LogP contribution is -2.32. The number of nitrogens with one attached hydrogen (secondary N) is 1. The van der Waals surface area contributed by atoms with E-state index < -0.39 is 0 Å². The van der Waals surface area contributed by atoms with Crippen molar-refractivity contribution >= 4 is 5.91 Å². The van der Waals surface area contributed by atoms with Crippen molar-refractivity contribution in [1.82, 2.24) is 20.3 Å². The highest BCUT2D eigenvalue weighted by Gasteiger charge is 2.29. The Morgan fingerprint density at radius 2 is 2.00 bits per heavy atom. The lowest BCUT2D eigenvalue weighted by Gasteiger charge is -2.24. The third-order valence-corrected chi connectivity index (χ3v) is 5.97. The maximum Gasteiger partial charge on any atom is 0.274 e. The van der Waals surface area contributed by atoms with Crippen molar-refractivity contribution < 1.29 is 14.1 Å². The number of carbonyl (C=O) groups is 1. The lowest BCUT2D eigenvalue weighted by molar-refractivity contribution is 0.0922. The average molecular weight is 392 g/mol. The van der Waals surface area contributed by atoms with Crippen LogP contribution in [0.4, 0.5) is 0 Å². The minimum absolute atomic E-state index is 0.0609. The fraction of sp³-hybridized carbons (Fsp3) is 0.409. The van der Waals surface area contributed by atoms with E-state index in [0.29, 0.717) is 5.69 Å². The number of aryl methyl sites for hydroxylation is 1. The van der Waals surface area contributed by atoms with E-state index in [1.165, 1.54) is 0 Å². The Labute approximate surface area is 169 Å². The van der Waals surface area contributed by atoms with Gasteiger partial charge in [0.15, 0.2) is 5.69 Å². The largest absolute Gasteiger partial charge is 0.497 e. The molecule has 0 aliphatic heterocycles. The number of methoxy groups -OCH3 is 1. The van der Waals surface area contributed by atoms with E-state index in [2.05, 4.69) is 15.6 Å². The van der Waals surface area contributed by atoms with Crippen molar-refractivity contribution in [3.8, 4) is 11.4 Å². The average Bonchev–Trinajstić information content (AvgIpc) is 3.39. The Kier molecular flexibility index (Phi) is 4.58. The molecule has 1 amide bonds. The minimum Gasteiger partial charge on any atom is -0.497 e. The Morgan fingerprint density at radius 3 is 2.83 bits per heavy atom. The molecule has 1 atom stereocenters. The second-order valence-electron chi connectivity index (χ2n) is 7.71. The summed E-state index contributed by atoms with van der Waals surface area (Å²) in [7, 11) is 1.66. The van der Waals surface area contributed by atoms with Crippen LogP contribution in [0, 0.1) is 0 Å². The molecule has 2 aromatic heterocycles. The summed E-state index contributed by atoms with van der Waals surface area (Å²) in [5, 5.41) is 11.8. The van der Waals surface area contributed by atoms with Crippen molar-refractivity contribution in [3.63, 3.8) is 0 Å². The lowest BCUT2D eigenvalue weighted by atomic mass is 9.92. The van der Waals surface area contributed by atoms with Gasteiger partial charge in [-0.2, -0.15) is 5.10 Å². The summed E-state index contributed by atoms with van der Waals surface area (Å²) in [5.41, 5.74) is 4.66. The van der Waals surface area contributed by atoms with E-state index in [9.17, 15) is 4.79 Å². The summed E-state index contributed by atoms with van der Waals surface area (Å²) < 4.78 is 12.6. The number of carbonyl (C=O) groups excluding carboxylic acids is 1. The molecule has 7 heteroatoms. The van der Waals surface area contributed by atoms with Crippen LogP contribution in [0.5, 0.6) is 5.75 Å². The normalized spacial score (nSPS) is 18.0. The molecule has 0 radical (unpaired) electrons. The van der Waals surface area contributed by atoms with Crippen LogP contribution in [-0.2, 0) is 19.3 Å². The molecule has 0 bridgehead atoms. The Hall–Kier alpha value is -3.09. The Morgan fingerprint density at radius 1 is 1.17 bits per heavy atom. The van der Waals surface area contributed by atoms with Crippen LogP contribution in [0.25, 0.3) is 5.69 Å². The van der Waals surface area contributed by atoms with E-state index in [1.54, 1.807) is 7.11 Å². The molecule has 5 rings (SSSR count). The van der Waals surface area contributed by atoms with Gasteiger partial charge in [-0.1, -0.05) is 5.16 Å². The molecule has 2 aliphatic carbocycles. The van der Waals surface area contributed by atoms with Gasteiger partial charge in [0.05, 0.1) is 25.0 Å². The maximum atomic E-state index is 12.9. The zero-order valence-corrected chi connectivity index (χ0v) is 16.5. The highest BCUT2D eigenvalue weighted by atomic mass is 16.5. The van der Waals surface area contributed by atoms with Crippen LogP contribution >= 0.6 is 0 Å². The van der Waals surface area contributed by atoms with Gasteiger partial charge in [0.2, 0.25) is 0 Å². The molecular weight excluding hydrogens is 368 g/mol. The molecule has 1 aromatic carbocycles. The third-order valence-electron chi connectivity index (χ3n) is 5.97. The number of hydrogen-bond acceptors (Lipinski definition) is 5. The summed E-state index contributed by atoms with van der Waals surface area (Å²) in [5.74, 6) is 1.54. The van der Waals surface area contributed by atoms with E-state index in [4.69, 9.17) is 9.26 Å². The number of nitrogens with zero attached hydrogens (tertiary/aromatic N) is 3. The first-order valence-electron chi connectivity index (χ1n) is 10.2. The van der Waals surface area contributed by atoms with Crippen LogP contribution in [-0.4, -0.2) is 28.0 Å². The van der Waals surface area contributed by atoms with E-state index >= 15 is 0 Å². The van der Waals surface area contributed by atoms with E-state index in [1.807, 2.05) is 35.1 Å². The summed E-state index contributed by atoms with van der Waals surface area (Å²) in [6.07, 6.45) is 8.63. The monoisotopic (exact) mass is 392 g/mol. The highest BCUT2D eigenvalue weighted by Crippen LogP contribution is 2.32. The summed E-state index contributed by atoms with van der Waals surface area (Å²) in [4.78, 5) is 12.9. The van der Waals surface area contributed by atoms with E-state index in [0.717, 1.165) is 79.0 Å². The van der Waals surface area contributed by atoms with Gasteiger partial charge in [0, 0.05) is 23.2 Å². The van der Waals surface area contributed by atoms with Gasteiger partial charge in [-0.15, -0.1) is 0 Å². The van der Waals surface area contributed by atoms with Crippen LogP contribution in [0.1, 0.15) is 64.8 Å². The fourth-order valence-corrected chi connectivity index (χ4v) is 4.44. The molecule has 0 saturated heterocycles. The van der Waals surface area contributed by atoms with Gasteiger partial charge in [0.1, 0.15) is 11.5 Å². The Balaban J connectivity index is 1.39. The van der Waals surface area contributed by atoms with Crippen molar-refractivity contribution in [3.05, 3.63) is 58.7 Å². The highest BCUT2D eigenvalue weighted by molar-refractivity contribution is 5.94. The number of benzene rings is 1. The fourth-order valence-electron chi connectivity index (χ4n) is 4.44. The third kappa shape index (κ3) is 3.20. The topological polar surface area (TPSA) is 82.2 Å². The molecule has 7 nitrogen and oxygen atoms in total. The number of fused-ring (bicyclic) bond motifs is 2. The molecule has 0 spiro atoms. The van der Waals surface area contributed by atoms with Gasteiger partial charge in [-0.25, -0.2) is 4.68 Å². The molecule has 3 aromatic rings. The summed E-state index contributed by atoms with van der Waals surface area (Å²) >= 11 is 0. The number of aromatic nitrogens is 3. The van der Waals surface area contributed by atoms with Crippen molar-refractivity contribution in [2.45, 2.75) is 51.0 Å². The minimum atomic E-state index is -0.146. The maximum absolute atomic E-state index is 12.9. The predicted octanol–water partition coefficient (Wildman–Crippen LogP) is 3.56. The quantitative estimate of drug-likeness (QED) is 0.734. The first kappa shape index (κ1) is 18.0. The van der Waals surface area contributed by atoms with Crippen LogP contribution in [0.15, 0.2) is 35.0 Å². The van der Waals surface area contributed by atoms with Gasteiger partial charge in [-0.05, 0) is 62.8 Å². The molecule has 2 heterocycles. The second-order valence-corrected chi connectivity index (χ2v) is 7.71. The molecule has 150 valence electrons. The standard InChI is InChI=1S/C22H24N4O3/c1-28-15-11-9-14(10-12-15)26-19-7-4-6-18(17(19)13-23-26)24-22(27)21-16-5-2-3-8-20(16)29-25-21/h9-13,18H,2-8H2,1H3,(H,24,27). The summed E-state index contributed by atoms with van der Waals surface area (Å²) in [6, 6.07) is 7.79. The van der Waals surface area contributed by atoms with Crippen LogP contribution < -0.4 is 10.1 Å². The number of ether oxygens (including phenoxy) is 1. The number of amides is 1. The second kappa shape index (κ2) is 7.39. The SMILES string of the molecule is COc1ccc(-n2ncc3c2CCCC3NC(=O)c2noc3c2CCCC3)cc1. The zero-order chi connectivity index (χ0) is 19.8. The van der Waals surface area contributed by atoms with Gasteiger partial charge in [-0.3, -0.25) is 4.79 Å². The van der Waals surface area contributed by atoms with Crippen molar-refractivity contribution in [2.75, 3.05) is 7.11 Å². The van der Waals surface area contributed by atoms with Crippen LogP contribution in [0.3, 0.4) is 0 Å². The van der Waals surface area contributed by atoms with Crippen molar-refractivity contribution in [2.24, 2.45) is 0 Å². The van der Waals surface area contributed by atoms with Crippen LogP contribution in [0.2, 0.25) is 0 Å². The predicted molar refractivity (Wildman–Crippen MR) is 106 cm³/mol. The van der Waals surface area contributed by atoms with Crippen molar-refractivity contribution in [1.29, 1.82) is 0 Å². The zero-order valence-electron chi connectivity index (χ0n) is 16.5. The molecule has 0 saturated carbocycles. The molecule has 0 fully saturated rings. The summed E-state index contributed by atoms with van der Waals surface area (Å²) in [6.45, 7) is 0. The molecule has 1 N–H and O–H groups in total. The first-order valence-corrected chi connectivity index (χ1v) is 10.2. The van der Waals surface area contributed by atoms with Gasteiger partial charge in [0.25, 0.3) is 5.91 Å². The Bertz CT molecular complexity index is 1040. The van der Waals surface area contributed by atoms with E-state index in [-0.39, 0.29) is 11.9 Å². The molecule has 2 aliphatic rings. The number of hydrogen-bond donors (Lipinski definition) is 1. The van der Waals surface area contributed by atoms with Gasteiger partial charge >= 0.3 is 0 Å². The van der Waals surface area contributed by atoms with Gasteiger partial charge < -0.3 is 14.6 Å². The number of rotatable bonds is 4. The smallest absolute Gasteiger partial charge is 0.274 e. The molecule has 1 unspecified atom stereocenters. The molecular formula is C22H24N4O3. The first-order chi connectivity index (χ1) is 14.2.